The third-order valence-electron chi connectivity index (χ3n) is 2.96. The standard InChI is InChI=1S/C13H17N3O5/c1-3-4-9(2)14-13(17)7-10-5-6-11(15(18)19)8-12(10)16(20)21/h5-6,8-9H,3-4,7H2,1-2H3,(H,14,17)/t9-/m0/s1. The highest BCUT2D eigenvalue weighted by Gasteiger charge is 2.21. The van der Waals surface area contributed by atoms with Gasteiger partial charge in [-0.25, -0.2) is 0 Å². The Morgan fingerprint density at radius 1 is 1.29 bits per heavy atom. The normalized spacial score (nSPS) is 11.7. The predicted octanol–water partition coefficient (Wildman–Crippen LogP) is 2.35. The fraction of sp³-hybridized carbons (Fsp3) is 0.462. The van der Waals surface area contributed by atoms with Crippen LogP contribution in [0.2, 0.25) is 0 Å². The number of non-ortho nitro benzene ring substituents is 1. The number of rotatable bonds is 7. The van der Waals surface area contributed by atoms with Gasteiger partial charge in [0.1, 0.15) is 0 Å². The lowest BCUT2D eigenvalue weighted by atomic mass is 10.1. The summed E-state index contributed by atoms with van der Waals surface area (Å²) in [4.78, 5) is 32.0. The maximum Gasteiger partial charge on any atom is 0.279 e. The van der Waals surface area contributed by atoms with Gasteiger partial charge in [0.2, 0.25) is 5.91 Å². The summed E-state index contributed by atoms with van der Waals surface area (Å²) in [6.45, 7) is 3.84. The molecule has 1 amide bonds. The van der Waals surface area contributed by atoms with Gasteiger partial charge in [-0.2, -0.15) is 0 Å². The second kappa shape index (κ2) is 7.32. The summed E-state index contributed by atoms with van der Waals surface area (Å²) in [5.41, 5.74) is -0.625. The van der Waals surface area contributed by atoms with E-state index in [4.69, 9.17) is 0 Å². The second-order valence-corrected chi connectivity index (χ2v) is 4.76. The molecule has 0 fully saturated rings. The summed E-state index contributed by atoms with van der Waals surface area (Å²) in [6.07, 6.45) is 1.55. The van der Waals surface area contributed by atoms with Crippen molar-refractivity contribution in [2.45, 2.75) is 39.2 Å². The Bertz CT molecular complexity index is 559. The number of nitrogens with one attached hydrogen (secondary N) is 1. The smallest absolute Gasteiger partial charge is 0.279 e. The van der Waals surface area contributed by atoms with E-state index in [1.54, 1.807) is 0 Å². The van der Waals surface area contributed by atoms with Gasteiger partial charge in [0.25, 0.3) is 11.4 Å². The molecule has 0 aliphatic carbocycles. The van der Waals surface area contributed by atoms with Crippen LogP contribution in [0.1, 0.15) is 32.3 Å². The molecule has 0 bridgehead atoms. The van der Waals surface area contributed by atoms with Gasteiger partial charge in [0, 0.05) is 17.7 Å². The zero-order valence-electron chi connectivity index (χ0n) is 11.9. The van der Waals surface area contributed by atoms with Crippen LogP contribution in [0.5, 0.6) is 0 Å². The first kappa shape index (κ1) is 16.5. The van der Waals surface area contributed by atoms with Crippen molar-refractivity contribution in [2.75, 3.05) is 0 Å². The molecule has 0 heterocycles. The number of nitrogens with zero attached hydrogens (tertiary/aromatic N) is 2. The summed E-state index contributed by atoms with van der Waals surface area (Å²) in [5.74, 6) is -0.340. The lowest BCUT2D eigenvalue weighted by Crippen LogP contribution is -2.33. The van der Waals surface area contributed by atoms with E-state index in [9.17, 15) is 25.0 Å². The minimum absolute atomic E-state index is 0.0143. The molecule has 0 aromatic heterocycles. The quantitative estimate of drug-likeness (QED) is 0.612. The van der Waals surface area contributed by atoms with Crippen molar-refractivity contribution >= 4 is 17.3 Å². The molecule has 8 nitrogen and oxygen atoms in total. The monoisotopic (exact) mass is 295 g/mol. The fourth-order valence-corrected chi connectivity index (χ4v) is 1.99. The maximum absolute atomic E-state index is 11.8. The molecule has 21 heavy (non-hydrogen) atoms. The van der Waals surface area contributed by atoms with Gasteiger partial charge >= 0.3 is 0 Å². The largest absolute Gasteiger partial charge is 0.353 e. The Morgan fingerprint density at radius 2 is 1.95 bits per heavy atom. The molecule has 1 aromatic rings. The SMILES string of the molecule is CCC[C@H](C)NC(=O)Cc1ccc([N+](=O)[O-])cc1[N+](=O)[O-]. The lowest BCUT2D eigenvalue weighted by molar-refractivity contribution is -0.394. The number of benzene rings is 1. The molecule has 1 atom stereocenters. The van der Waals surface area contributed by atoms with Crippen LogP contribution in [0.3, 0.4) is 0 Å². The topological polar surface area (TPSA) is 115 Å². The highest BCUT2D eigenvalue weighted by Crippen LogP contribution is 2.25. The third-order valence-corrected chi connectivity index (χ3v) is 2.96. The Labute approximate surface area is 121 Å². The lowest BCUT2D eigenvalue weighted by Gasteiger charge is -2.12. The molecule has 8 heteroatoms. The van der Waals surface area contributed by atoms with Gasteiger partial charge in [-0.3, -0.25) is 25.0 Å². The minimum Gasteiger partial charge on any atom is -0.353 e. The third kappa shape index (κ3) is 4.83. The van der Waals surface area contributed by atoms with Gasteiger partial charge in [-0.15, -0.1) is 0 Å². The van der Waals surface area contributed by atoms with E-state index in [0.29, 0.717) is 0 Å². The first-order valence-corrected chi connectivity index (χ1v) is 6.56. The molecular formula is C13H17N3O5. The summed E-state index contributed by atoms with van der Waals surface area (Å²) in [5, 5.41) is 24.3. The summed E-state index contributed by atoms with van der Waals surface area (Å²) < 4.78 is 0. The zero-order valence-corrected chi connectivity index (χ0v) is 11.9. The maximum atomic E-state index is 11.8. The van der Waals surface area contributed by atoms with Gasteiger partial charge in [0.15, 0.2) is 0 Å². The first-order valence-electron chi connectivity index (χ1n) is 6.56. The van der Waals surface area contributed by atoms with Crippen molar-refractivity contribution in [1.82, 2.24) is 5.32 Å². The fourth-order valence-electron chi connectivity index (χ4n) is 1.99. The van der Waals surface area contributed by atoms with Crippen molar-refractivity contribution in [2.24, 2.45) is 0 Å². The Kier molecular flexibility index (Phi) is 5.77. The number of amides is 1. The summed E-state index contributed by atoms with van der Waals surface area (Å²) >= 11 is 0. The molecule has 0 unspecified atom stereocenters. The number of carbonyl (C=O) groups excluding carboxylic acids is 1. The number of hydrogen-bond acceptors (Lipinski definition) is 5. The number of carbonyl (C=O) groups is 1. The van der Waals surface area contributed by atoms with Gasteiger partial charge in [-0.1, -0.05) is 13.3 Å². The zero-order chi connectivity index (χ0) is 16.0. The van der Waals surface area contributed by atoms with E-state index in [1.165, 1.54) is 6.07 Å². The molecular weight excluding hydrogens is 278 g/mol. The van der Waals surface area contributed by atoms with Crippen LogP contribution in [0.4, 0.5) is 11.4 Å². The van der Waals surface area contributed by atoms with Crippen molar-refractivity contribution in [3.8, 4) is 0 Å². The molecule has 0 saturated carbocycles. The van der Waals surface area contributed by atoms with Crippen LogP contribution in [-0.2, 0) is 11.2 Å². The van der Waals surface area contributed by atoms with Crippen LogP contribution in [0.25, 0.3) is 0 Å². The summed E-state index contributed by atoms with van der Waals surface area (Å²) in [7, 11) is 0. The van der Waals surface area contributed by atoms with Gasteiger partial charge < -0.3 is 5.32 Å². The van der Waals surface area contributed by atoms with E-state index in [2.05, 4.69) is 5.32 Å². The molecule has 1 rings (SSSR count). The second-order valence-electron chi connectivity index (χ2n) is 4.76. The number of hydrogen-bond donors (Lipinski definition) is 1. The molecule has 114 valence electrons. The van der Waals surface area contributed by atoms with E-state index < -0.39 is 15.5 Å². The molecule has 0 radical (unpaired) electrons. The van der Waals surface area contributed by atoms with Crippen molar-refractivity contribution in [1.29, 1.82) is 0 Å². The number of nitro groups is 2. The van der Waals surface area contributed by atoms with E-state index in [-0.39, 0.29) is 29.6 Å². The molecule has 0 saturated heterocycles. The minimum atomic E-state index is -0.717. The highest BCUT2D eigenvalue weighted by molar-refractivity contribution is 5.80. The first-order chi connectivity index (χ1) is 9.85. The molecule has 0 aliphatic rings. The summed E-state index contributed by atoms with van der Waals surface area (Å²) in [6, 6.07) is 3.27. The van der Waals surface area contributed by atoms with Gasteiger partial charge in [-0.05, 0) is 19.4 Å². The molecule has 0 spiro atoms. The van der Waals surface area contributed by atoms with Gasteiger partial charge in [0.05, 0.1) is 22.3 Å². The van der Waals surface area contributed by atoms with Crippen molar-refractivity contribution in [3.05, 3.63) is 44.0 Å². The average Bonchev–Trinajstić information content (AvgIpc) is 2.38. The molecule has 1 aromatic carbocycles. The van der Waals surface area contributed by atoms with E-state index >= 15 is 0 Å². The van der Waals surface area contributed by atoms with Crippen LogP contribution < -0.4 is 5.32 Å². The molecule has 1 N–H and O–H groups in total. The average molecular weight is 295 g/mol. The predicted molar refractivity (Wildman–Crippen MR) is 76.0 cm³/mol. The van der Waals surface area contributed by atoms with Crippen molar-refractivity contribution in [3.63, 3.8) is 0 Å². The number of nitro benzene ring substituents is 2. The van der Waals surface area contributed by atoms with E-state index in [0.717, 1.165) is 25.0 Å². The van der Waals surface area contributed by atoms with Crippen LogP contribution >= 0.6 is 0 Å². The molecule has 0 aliphatic heterocycles. The highest BCUT2D eigenvalue weighted by atomic mass is 16.6. The van der Waals surface area contributed by atoms with E-state index in [1.807, 2.05) is 13.8 Å². The Morgan fingerprint density at radius 3 is 2.48 bits per heavy atom. The van der Waals surface area contributed by atoms with Crippen LogP contribution in [0.15, 0.2) is 18.2 Å². The van der Waals surface area contributed by atoms with Crippen LogP contribution in [-0.4, -0.2) is 21.8 Å². The van der Waals surface area contributed by atoms with Crippen LogP contribution in [0, 0.1) is 20.2 Å². The Hall–Kier alpha value is -2.51. The Balaban J connectivity index is 2.90. The van der Waals surface area contributed by atoms with Crippen molar-refractivity contribution < 1.29 is 14.6 Å².